The minimum absolute atomic E-state index is 0.558. The molecular weight excluding hydrogens is 172 g/mol. The Hall–Kier alpha value is -1.15. The molecule has 2 rings (SSSR count). The van der Waals surface area contributed by atoms with Crippen molar-refractivity contribution in [1.82, 2.24) is 9.88 Å². The zero-order valence-corrected chi connectivity index (χ0v) is 8.61. The van der Waals surface area contributed by atoms with Crippen LogP contribution in [0.4, 0.5) is 0 Å². The van der Waals surface area contributed by atoms with Crippen LogP contribution in [0.15, 0.2) is 25.0 Å². The zero-order valence-electron chi connectivity index (χ0n) is 8.61. The van der Waals surface area contributed by atoms with Crippen molar-refractivity contribution >= 4 is 6.08 Å². The van der Waals surface area contributed by atoms with Crippen LogP contribution in [0.2, 0.25) is 0 Å². The van der Waals surface area contributed by atoms with Crippen molar-refractivity contribution in [3.05, 3.63) is 36.2 Å². The van der Waals surface area contributed by atoms with E-state index in [0.29, 0.717) is 6.04 Å². The molecular formula is C12H16N2. The summed E-state index contributed by atoms with van der Waals surface area (Å²) < 4.78 is 0. The number of hydrogen-bond acceptors (Lipinski definition) is 2. The van der Waals surface area contributed by atoms with Gasteiger partial charge in [-0.1, -0.05) is 12.7 Å². The fourth-order valence-electron chi connectivity index (χ4n) is 2.10. The van der Waals surface area contributed by atoms with E-state index in [0.717, 1.165) is 5.56 Å². The molecule has 0 amide bonds. The van der Waals surface area contributed by atoms with Crippen molar-refractivity contribution in [2.24, 2.45) is 0 Å². The van der Waals surface area contributed by atoms with Crippen LogP contribution in [0.5, 0.6) is 0 Å². The molecule has 1 atom stereocenters. The van der Waals surface area contributed by atoms with Gasteiger partial charge in [-0.25, -0.2) is 0 Å². The first-order valence-corrected chi connectivity index (χ1v) is 5.09. The Morgan fingerprint density at radius 1 is 1.57 bits per heavy atom. The SMILES string of the molecule is C=Cc1cncc([C@@H]2CCCN2C)c1. The van der Waals surface area contributed by atoms with E-state index in [2.05, 4.69) is 29.6 Å². The molecule has 2 heterocycles. The van der Waals surface area contributed by atoms with E-state index in [-0.39, 0.29) is 0 Å². The van der Waals surface area contributed by atoms with Crippen molar-refractivity contribution in [3.63, 3.8) is 0 Å². The van der Waals surface area contributed by atoms with Gasteiger partial charge in [-0.3, -0.25) is 9.88 Å². The van der Waals surface area contributed by atoms with Crippen molar-refractivity contribution in [2.45, 2.75) is 18.9 Å². The predicted octanol–water partition coefficient (Wildman–Crippen LogP) is 2.49. The molecule has 1 aliphatic heterocycles. The van der Waals surface area contributed by atoms with Gasteiger partial charge in [0, 0.05) is 18.4 Å². The summed E-state index contributed by atoms with van der Waals surface area (Å²) in [6.07, 6.45) is 8.22. The average molecular weight is 188 g/mol. The van der Waals surface area contributed by atoms with Crippen molar-refractivity contribution < 1.29 is 0 Å². The zero-order chi connectivity index (χ0) is 9.97. The lowest BCUT2D eigenvalue weighted by Gasteiger charge is -2.19. The van der Waals surface area contributed by atoms with Gasteiger partial charge in [-0.05, 0) is 43.6 Å². The lowest BCUT2D eigenvalue weighted by Crippen LogP contribution is -2.17. The molecule has 1 fully saturated rings. The Balaban J connectivity index is 2.26. The molecule has 0 spiro atoms. The van der Waals surface area contributed by atoms with E-state index in [4.69, 9.17) is 0 Å². The largest absolute Gasteiger partial charge is 0.299 e. The first kappa shape index (κ1) is 9.41. The van der Waals surface area contributed by atoms with Gasteiger partial charge >= 0.3 is 0 Å². The van der Waals surface area contributed by atoms with Crippen LogP contribution in [-0.4, -0.2) is 23.5 Å². The molecule has 14 heavy (non-hydrogen) atoms. The number of likely N-dealkylation sites (tertiary alicyclic amines) is 1. The van der Waals surface area contributed by atoms with Crippen molar-refractivity contribution in [2.75, 3.05) is 13.6 Å². The van der Waals surface area contributed by atoms with Gasteiger partial charge in [0.05, 0.1) is 0 Å². The van der Waals surface area contributed by atoms with Crippen LogP contribution in [-0.2, 0) is 0 Å². The third kappa shape index (κ3) is 1.70. The van der Waals surface area contributed by atoms with E-state index >= 15 is 0 Å². The van der Waals surface area contributed by atoms with Gasteiger partial charge in [0.1, 0.15) is 0 Å². The van der Waals surface area contributed by atoms with Gasteiger partial charge in [-0.15, -0.1) is 0 Å². The lowest BCUT2D eigenvalue weighted by atomic mass is 10.1. The highest BCUT2D eigenvalue weighted by atomic mass is 15.1. The van der Waals surface area contributed by atoms with Crippen LogP contribution >= 0.6 is 0 Å². The minimum atomic E-state index is 0.558. The summed E-state index contributed by atoms with van der Waals surface area (Å²) in [6, 6.07) is 2.74. The molecule has 1 aliphatic rings. The first-order chi connectivity index (χ1) is 6.81. The summed E-state index contributed by atoms with van der Waals surface area (Å²) in [6.45, 7) is 4.96. The second-order valence-corrected chi connectivity index (χ2v) is 3.89. The van der Waals surface area contributed by atoms with Crippen LogP contribution in [0.1, 0.15) is 30.0 Å². The van der Waals surface area contributed by atoms with E-state index < -0.39 is 0 Å². The Morgan fingerprint density at radius 3 is 3.07 bits per heavy atom. The second-order valence-electron chi connectivity index (χ2n) is 3.89. The first-order valence-electron chi connectivity index (χ1n) is 5.09. The van der Waals surface area contributed by atoms with Crippen LogP contribution in [0, 0.1) is 0 Å². The van der Waals surface area contributed by atoms with E-state index in [1.807, 2.05) is 18.5 Å². The summed E-state index contributed by atoms with van der Waals surface area (Å²) in [7, 11) is 2.18. The normalized spacial score (nSPS) is 22.5. The summed E-state index contributed by atoms with van der Waals surface area (Å²) >= 11 is 0. The topological polar surface area (TPSA) is 16.1 Å². The second kappa shape index (κ2) is 3.93. The van der Waals surface area contributed by atoms with E-state index in [1.165, 1.54) is 24.9 Å². The monoisotopic (exact) mass is 188 g/mol. The number of rotatable bonds is 2. The fraction of sp³-hybridized carbons (Fsp3) is 0.417. The fourth-order valence-corrected chi connectivity index (χ4v) is 2.10. The Bertz CT molecular complexity index is 333. The van der Waals surface area contributed by atoms with Gasteiger partial charge in [0.25, 0.3) is 0 Å². The molecule has 0 unspecified atom stereocenters. The van der Waals surface area contributed by atoms with Gasteiger partial charge < -0.3 is 0 Å². The van der Waals surface area contributed by atoms with Crippen LogP contribution in [0.25, 0.3) is 6.08 Å². The highest BCUT2D eigenvalue weighted by Crippen LogP contribution is 2.30. The lowest BCUT2D eigenvalue weighted by molar-refractivity contribution is 0.317. The van der Waals surface area contributed by atoms with Crippen molar-refractivity contribution in [3.8, 4) is 0 Å². The summed E-state index contributed by atoms with van der Waals surface area (Å²) in [5.74, 6) is 0. The number of hydrogen-bond donors (Lipinski definition) is 0. The summed E-state index contributed by atoms with van der Waals surface area (Å²) in [5, 5.41) is 0. The molecule has 1 aromatic rings. The molecule has 0 bridgehead atoms. The molecule has 0 saturated carbocycles. The van der Waals surface area contributed by atoms with Gasteiger partial charge in [0.2, 0.25) is 0 Å². The van der Waals surface area contributed by atoms with Crippen LogP contribution in [0.3, 0.4) is 0 Å². The average Bonchev–Trinajstić information content (AvgIpc) is 2.65. The molecule has 74 valence electrons. The maximum absolute atomic E-state index is 4.24. The Labute approximate surface area is 85.3 Å². The maximum Gasteiger partial charge on any atom is 0.0361 e. The van der Waals surface area contributed by atoms with Crippen LogP contribution < -0.4 is 0 Å². The highest BCUT2D eigenvalue weighted by molar-refractivity contribution is 5.46. The Morgan fingerprint density at radius 2 is 2.43 bits per heavy atom. The highest BCUT2D eigenvalue weighted by Gasteiger charge is 2.22. The van der Waals surface area contributed by atoms with E-state index in [9.17, 15) is 0 Å². The standard InChI is InChI=1S/C12H16N2/c1-3-10-7-11(9-13-8-10)12-5-4-6-14(12)2/h3,7-9,12H,1,4-6H2,2H3/t12-/m0/s1. The summed E-state index contributed by atoms with van der Waals surface area (Å²) in [4.78, 5) is 6.63. The summed E-state index contributed by atoms with van der Waals surface area (Å²) in [5.41, 5.74) is 2.44. The molecule has 1 saturated heterocycles. The maximum atomic E-state index is 4.24. The molecule has 0 N–H and O–H groups in total. The number of aromatic nitrogens is 1. The van der Waals surface area contributed by atoms with Gasteiger partial charge in [0.15, 0.2) is 0 Å². The van der Waals surface area contributed by atoms with E-state index in [1.54, 1.807) is 0 Å². The minimum Gasteiger partial charge on any atom is -0.299 e. The molecule has 1 aromatic heterocycles. The van der Waals surface area contributed by atoms with Crippen molar-refractivity contribution in [1.29, 1.82) is 0 Å². The number of nitrogens with zero attached hydrogens (tertiary/aromatic N) is 2. The molecule has 0 radical (unpaired) electrons. The number of pyridine rings is 1. The molecule has 2 nitrogen and oxygen atoms in total. The van der Waals surface area contributed by atoms with Gasteiger partial charge in [-0.2, -0.15) is 0 Å². The molecule has 2 heteroatoms. The third-order valence-corrected chi connectivity index (χ3v) is 2.92. The molecule has 0 aromatic carbocycles. The molecule has 0 aliphatic carbocycles. The predicted molar refractivity (Wildman–Crippen MR) is 58.9 cm³/mol. The Kier molecular flexibility index (Phi) is 2.64. The smallest absolute Gasteiger partial charge is 0.0361 e. The third-order valence-electron chi connectivity index (χ3n) is 2.92. The quantitative estimate of drug-likeness (QED) is 0.709.